The van der Waals surface area contributed by atoms with E-state index in [1.807, 2.05) is 31.2 Å². The van der Waals surface area contributed by atoms with Crippen molar-refractivity contribution in [2.45, 2.75) is 30.2 Å². The number of carbonyl (C=O) groups excluding carboxylic acids is 1. The first kappa shape index (κ1) is 19.4. The van der Waals surface area contributed by atoms with Gasteiger partial charge in [-0.3, -0.25) is 4.79 Å². The Hall–Kier alpha value is -2.38. The van der Waals surface area contributed by atoms with Crippen molar-refractivity contribution in [3.05, 3.63) is 59.7 Å². The van der Waals surface area contributed by atoms with Crippen molar-refractivity contribution in [1.29, 1.82) is 0 Å². The summed E-state index contributed by atoms with van der Waals surface area (Å²) in [4.78, 5) is 14.6. The van der Waals surface area contributed by atoms with Gasteiger partial charge in [-0.05, 0) is 48.6 Å². The van der Waals surface area contributed by atoms with Crippen molar-refractivity contribution in [1.82, 2.24) is 4.90 Å². The SMILES string of the molecule is COc1ccccc1C1CC1C(=O)N(C)C(C)c1cccc(S(N)(=O)=O)c1. The van der Waals surface area contributed by atoms with Gasteiger partial charge in [-0.15, -0.1) is 0 Å². The van der Waals surface area contributed by atoms with Crippen molar-refractivity contribution in [3.63, 3.8) is 0 Å². The van der Waals surface area contributed by atoms with Crippen LogP contribution in [0, 0.1) is 5.92 Å². The summed E-state index contributed by atoms with van der Waals surface area (Å²) < 4.78 is 28.6. The Morgan fingerprint density at radius 3 is 2.59 bits per heavy atom. The van der Waals surface area contributed by atoms with Crippen LogP contribution < -0.4 is 9.88 Å². The molecule has 0 heterocycles. The molecule has 0 aliphatic heterocycles. The van der Waals surface area contributed by atoms with Crippen LogP contribution in [0.2, 0.25) is 0 Å². The summed E-state index contributed by atoms with van der Waals surface area (Å²) in [6.45, 7) is 1.88. The monoisotopic (exact) mass is 388 g/mol. The highest BCUT2D eigenvalue weighted by molar-refractivity contribution is 7.89. The molecule has 7 heteroatoms. The van der Waals surface area contributed by atoms with Crippen LogP contribution in [-0.4, -0.2) is 33.4 Å². The first-order chi connectivity index (χ1) is 12.7. The molecule has 0 aromatic heterocycles. The van der Waals surface area contributed by atoms with Crippen LogP contribution in [0.15, 0.2) is 53.4 Å². The number of hydrogen-bond acceptors (Lipinski definition) is 4. The van der Waals surface area contributed by atoms with Crippen LogP contribution in [-0.2, 0) is 14.8 Å². The van der Waals surface area contributed by atoms with Gasteiger partial charge >= 0.3 is 0 Å². The maximum Gasteiger partial charge on any atom is 0.238 e. The molecule has 1 amide bonds. The molecule has 1 saturated carbocycles. The quantitative estimate of drug-likeness (QED) is 0.824. The number of nitrogens with two attached hydrogens (primary N) is 1. The molecule has 0 radical (unpaired) electrons. The molecule has 27 heavy (non-hydrogen) atoms. The van der Waals surface area contributed by atoms with Gasteiger partial charge in [0.2, 0.25) is 15.9 Å². The summed E-state index contributed by atoms with van der Waals surface area (Å²) in [5.41, 5.74) is 1.78. The number of benzene rings is 2. The number of amides is 1. The summed E-state index contributed by atoms with van der Waals surface area (Å²) in [5, 5.41) is 5.21. The lowest BCUT2D eigenvalue weighted by atomic mass is 10.1. The van der Waals surface area contributed by atoms with Gasteiger partial charge in [-0.1, -0.05) is 30.3 Å². The number of ether oxygens (including phenoxy) is 1. The third-order valence-corrected chi connectivity index (χ3v) is 6.15. The summed E-state index contributed by atoms with van der Waals surface area (Å²) in [6, 6.07) is 13.9. The molecule has 3 rings (SSSR count). The lowest BCUT2D eigenvalue weighted by molar-refractivity contribution is -0.133. The zero-order valence-corrected chi connectivity index (χ0v) is 16.4. The maximum atomic E-state index is 12.9. The zero-order valence-electron chi connectivity index (χ0n) is 15.6. The van der Waals surface area contributed by atoms with Crippen molar-refractivity contribution >= 4 is 15.9 Å². The molecule has 2 N–H and O–H groups in total. The fraction of sp³-hybridized carbons (Fsp3) is 0.350. The average Bonchev–Trinajstić information content (AvgIpc) is 3.46. The third-order valence-electron chi connectivity index (χ3n) is 5.24. The van der Waals surface area contributed by atoms with E-state index in [1.54, 1.807) is 31.2 Å². The Morgan fingerprint density at radius 1 is 1.22 bits per heavy atom. The minimum Gasteiger partial charge on any atom is -0.496 e. The zero-order chi connectivity index (χ0) is 19.8. The van der Waals surface area contributed by atoms with Gasteiger partial charge in [0.1, 0.15) is 5.75 Å². The van der Waals surface area contributed by atoms with Crippen molar-refractivity contribution in [2.75, 3.05) is 14.2 Å². The van der Waals surface area contributed by atoms with E-state index in [1.165, 1.54) is 12.1 Å². The molecular formula is C20H24N2O4S. The maximum absolute atomic E-state index is 12.9. The van der Waals surface area contributed by atoms with E-state index in [2.05, 4.69) is 0 Å². The van der Waals surface area contributed by atoms with Crippen LogP contribution >= 0.6 is 0 Å². The van der Waals surface area contributed by atoms with E-state index >= 15 is 0 Å². The number of nitrogens with zero attached hydrogens (tertiary/aromatic N) is 1. The minimum absolute atomic E-state index is 0.0411. The number of primary sulfonamides is 1. The molecule has 1 aliphatic carbocycles. The van der Waals surface area contributed by atoms with E-state index in [-0.39, 0.29) is 28.7 Å². The Labute approximate surface area is 160 Å². The number of carbonyl (C=O) groups is 1. The van der Waals surface area contributed by atoms with Gasteiger partial charge in [0.05, 0.1) is 18.0 Å². The van der Waals surface area contributed by atoms with E-state index in [0.29, 0.717) is 0 Å². The molecule has 3 atom stereocenters. The first-order valence-corrected chi connectivity index (χ1v) is 10.3. The predicted octanol–water partition coefficient (Wildman–Crippen LogP) is 2.67. The number of rotatable bonds is 6. The summed E-state index contributed by atoms with van der Waals surface area (Å²) in [7, 11) is -0.405. The van der Waals surface area contributed by atoms with Gasteiger partial charge in [0.15, 0.2) is 0 Å². The van der Waals surface area contributed by atoms with Gasteiger partial charge < -0.3 is 9.64 Å². The Bertz CT molecular complexity index is 958. The molecule has 0 bridgehead atoms. The normalized spacial score (nSPS) is 20.0. The molecule has 6 nitrogen and oxygen atoms in total. The smallest absolute Gasteiger partial charge is 0.238 e. The predicted molar refractivity (Wildman–Crippen MR) is 103 cm³/mol. The molecule has 2 aromatic rings. The van der Waals surface area contributed by atoms with Crippen LogP contribution in [0.5, 0.6) is 5.75 Å². The number of hydrogen-bond donors (Lipinski definition) is 1. The van der Waals surface area contributed by atoms with Gasteiger partial charge in [0.25, 0.3) is 0 Å². The van der Waals surface area contributed by atoms with E-state index in [4.69, 9.17) is 9.88 Å². The minimum atomic E-state index is -3.78. The van der Waals surface area contributed by atoms with Crippen molar-refractivity contribution < 1.29 is 17.9 Å². The second-order valence-electron chi connectivity index (χ2n) is 6.93. The summed E-state index contributed by atoms with van der Waals surface area (Å²) in [5.74, 6) is 0.906. The number of methoxy groups -OCH3 is 1. The number of para-hydroxylation sites is 1. The second kappa shape index (κ2) is 7.32. The first-order valence-electron chi connectivity index (χ1n) is 8.76. The standard InChI is InChI=1S/C20H24N2O4S/c1-13(14-7-6-8-15(11-14)27(21,24)25)22(2)20(23)18-12-17(18)16-9-4-5-10-19(16)26-3/h4-11,13,17-18H,12H2,1-3H3,(H2,21,24,25). The largest absolute Gasteiger partial charge is 0.496 e. The Kier molecular flexibility index (Phi) is 5.26. The highest BCUT2D eigenvalue weighted by Gasteiger charge is 2.47. The fourth-order valence-corrected chi connectivity index (χ4v) is 3.98. The molecule has 1 fully saturated rings. The summed E-state index contributed by atoms with van der Waals surface area (Å²) in [6.07, 6.45) is 0.785. The number of sulfonamides is 1. The molecule has 2 aromatic carbocycles. The average molecular weight is 388 g/mol. The third kappa shape index (κ3) is 3.99. The van der Waals surface area contributed by atoms with Crippen LogP contribution in [0.3, 0.4) is 0 Å². The highest BCUT2D eigenvalue weighted by Crippen LogP contribution is 2.51. The lowest BCUT2D eigenvalue weighted by Gasteiger charge is -2.26. The van der Waals surface area contributed by atoms with Gasteiger partial charge in [0, 0.05) is 13.0 Å². The highest BCUT2D eigenvalue weighted by atomic mass is 32.2. The lowest BCUT2D eigenvalue weighted by Crippen LogP contribution is -2.31. The van der Waals surface area contributed by atoms with Crippen LogP contribution in [0.4, 0.5) is 0 Å². The van der Waals surface area contributed by atoms with E-state index in [9.17, 15) is 13.2 Å². The molecule has 3 unspecified atom stereocenters. The Balaban J connectivity index is 1.75. The Morgan fingerprint density at radius 2 is 1.93 bits per heavy atom. The summed E-state index contributed by atoms with van der Waals surface area (Å²) >= 11 is 0. The second-order valence-corrected chi connectivity index (χ2v) is 8.49. The van der Waals surface area contributed by atoms with Gasteiger partial charge in [-0.2, -0.15) is 0 Å². The van der Waals surface area contributed by atoms with Gasteiger partial charge in [-0.25, -0.2) is 13.6 Å². The van der Waals surface area contributed by atoms with E-state index in [0.717, 1.165) is 23.3 Å². The molecule has 1 aliphatic rings. The van der Waals surface area contributed by atoms with Crippen LogP contribution in [0.1, 0.15) is 36.4 Å². The molecular weight excluding hydrogens is 364 g/mol. The van der Waals surface area contributed by atoms with Crippen molar-refractivity contribution in [2.24, 2.45) is 11.1 Å². The van der Waals surface area contributed by atoms with E-state index < -0.39 is 10.0 Å². The molecule has 0 spiro atoms. The fourth-order valence-electron chi connectivity index (χ4n) is 3.41. The van der Waals surface area contributed by atoms with Crippen LogP contribution in [0.25, 0.3) is 0 Å². The topological polar surface area (TPSA) is 89.7 Å². The van der Waals surface area contributed by atoms with Crippen molar-refractivity contribution in [3.8, 4) is 5.75 Å². The molecule has 144 valence electrons. The molecule has 0 saturated heterocycles.